The molecule has 0 aromatic heterocycles. The van der Waals surface area contributed by atoms with Crippen LogP contribution in [0.15, 0.2) is 0 Å². The van der Waals surface area contributed by atoms with E-state index >= 15 is 0 Å². The molecule has 48 heteroatoms. The van der Waals surface area contributed by atoms with E-state index in [1.165, 1.54) is 19.6 Å². The monoisotopic (exact) mass is 1770 g/mol. The van der Waals surface area contributed by atoms with E-state index in [0.29, 0.717) is 128 Å². The Labute approximate surface area is 686 Å². The van der Waals surface area contributed by atoms with Gasteiger partial charge < -0.3 is 162 Å². The van der Waals surface area contributed by atoms with Crippen LogP contribution in [0.1, 0.15) is 128 Å². The van der Waals surface area contributed by atoms with Crippen LogP contribution in [0.3, 0.4) is 0 Å². The van der Waals surface area contributed by atoms with Gasteiger partial charge in [0.25, 0.3) is 0 Å². The van der Waals surface area contributed by atoms with Gasteiger partial charge >= 0.3 is 68.3 Å². The largest absolute Gasteiger partial charge is 3.00 e. The molecule has 0 aliphatic heterocycles. The minimum absolute atomic E-state index is 0. The molecule has 5 aliphatic carbocycles. The number of nitrogens with one attached hydrogen (secondary N) is 4. The first-order valence-corrected chi connectivity index (χ1v) is 34.5. The summed E-state index contributed by atoms with van der Waals surface area (Å²) in [5.74, 6) is -20.6. The van der Waals surface area contributed by atoms with Crippen LogP contribution in [-0.2, 0) is 145 Å². The number of hydrogen-bond donors (Lipinski definition) is 4. The van der Waals surface area contributed by atoms with Crippen LogP contribution >= 0.6 is 0 Å². The summed E-state index contributed by atoms with van der Waals surface area (Å²) < 4.78 is 0. The van der Waals surface area contributed by atoms with E-state index in [9.17, 15) is 138 Å². The van der Waals surface area contributed by atoms with Crippen molar-refractivity contribution in [3.8, 4) is 0 Å². The van der Waals surface area contributed by atoms with Gasteiger partial charge in [0.05, 0.1) is 97.8 Å². The molecule has 0 unspecified atom stereocenters. The number of amides is 4. The van der Waals surface area contributed by atoms with Crippen molar-refractivity contribution in [3.05, 3.63) is 0 Å². The summed E-state index contributed by atoms with van der Waals surface area (Å²) in [4.78, 5) is 199. The van der Waals surface area contributed by atoms with Crippen molar-refractivity contribution in [2.24, 2.45) is 0 Å². The van der Waals surface area contributed by atoms with Gasteiger partial charge in [0.15, 0.2) is 0 Å². The molecule has 5 saturated carbocycles. The SMILES string of the molecule is O.O.O.O.O=C([O-])CN(CC(=O)[O-])[C@@H]1CCCC[C@H]1N(CC(=O)[O-])CC(=O)NC1CCC(NC(=O)CN(CC(=O)[O-])[C@@H]2CCCC[C@H]2N(CC(=O)[O-])CC(=O)[O-])CC1.O=C([O-])CN(CC(=O)[O-])[C@@H]1CCCC[C@H]1N(CC(=O)[O-])CC(=O)NCCNC(=O)CN(CC(=O)[O-])[C@@H]1CCCC[C@H]1N(CC(=O)[O-])CC(=O)[O-].[Fe+3].[Fe+3].[Fe+3].[Fe+3]. The number of rotatable bonds is 45. The van der Waals surface area contributed by atoms with Gasteiger partial charge in [0, 0.05) is 152 Å². The molecule has 44 nitrogen and oxygen atoms in total. The van der Waals surface area contributed by atoms with Crippen LogP contribution < -0.4 is 82.5 Å². The number of aliphatic carboxylic acids is 12. The van der Waals surface area contributed by atoms with Crippen molar-refractivity contribution in [2.75, 3.05) is 118 Å². The molecule has 0 aromatic rings. The summed E-state index contributed by atoms with van der Waals surface area (Å²) >= 11 is 0. The van der Waals surface area contributed by atoms with E-state index in [1.807, 2.05) is 0 Å². The molecular formula is C64H98Fe4N12O32. The fraction of sp³-hybridized carbons (Fsp3) is 0.750. The van der Waals surface area contributed by atoms with Gasteiger partial charge in [-0.1, -0.05) is 51.4 Å². The van der Waals surface area contributed by atoms with Crippen LogP contribution in [0.25, 0.3) is 0 Å². The Morgan fingerprint density at radius 2 is 0.330 bits per heavy atom. The summed E-state index contributed by atoms with van der Waals surface area (Å²) in [6.07, 6.45) is 9.49. The molecule has 112 heavy (non-hydrogen) atoms. The predicted molar refractivity (Wildman–Crippen MR) is 340 cm³/mol. The standard InChI is InChI=1S/C34H54N6O14.C30H48N6O14.4Fe.4H2O/c41-27(13-37(15-29(43)44)23-5-1-3-7-25(23)39(17-31(47)48)18-32(49)50)35-21-9-11-22(12-10-21)36-28(42)14-38(16-30(45)46)24-6-2-4-8-26(24)40(19-33(51)52)20-34(53)54;37-23(11-33(13-25(39)40)19-5-1-3-7-21(19)35(15-27(43)44)16-28(45)46)31-9-10-32-24(38)12-34(14-26(41)42)20-6-2-4-8-22(20)36(17-29(47)48)18-30(49)50;;;;;;;;/h21-26H,1-20H2,(H,35,41)(H,36,42)(H,43,44)(H,45,46)(H,47,48)(H,49,50)(H,51,52)(H,53,54);19-22H,1-18H2,(H,31,37)(H,32,38)(H,39,40)(H,41,42)(H,43,44)(H,45,46)(H,47,48)(H,49,50);;;;;4*1H2/q;;4*+3;;;;/p-12/t21?,22?,23-,24-,25-,26-;19-,20-,21-,22-;;;;;;;;/m11......../s1. The molecule has 4 radical (unpaired) electrons. The van der Waals surface area contributed by atoms with Gasteiger partial charge in [0.2, 0.25) is 23.6 Å². The topological polar surface area (TPSA) is 750 Å². The molecule has 0 spiro atoms. The van der Waals surface area contributed by atoms with Crippen LogP contribution in [0.2, 0.25) is 0 Å². The van der Waals surface area contributed by atoms with Crippen LogP contribution in [0.4, 0.5) is 0 Å². The normalized spacial score (nSPS) is 21.1. The van der Waals surface area contributed by atoms with E-state index < -0.39 is 235 Å². The summed E-state index contributed by atoms with van der Waals surface area (Å²) in [6.45, 7) is -10.6. The van der Waals surface area contributed by atoms with Crippen molar-refractivity contribution in [3.63, 3.8) is 0 Å². The maximum atomic E-state index is 13.2. The summed E-state index contributed by atoms with van der Waals surface area (Å²) in [5.41, 5.74) is 0. The molecule has 0 heterocycles. The van der Waals surface area contributed by atoms with Gasteiger partial charge in [-0.05, 0) is 77.0 Å². The quantitative estimate of drug-likeness (QED) is 0.0325. The zero-order chi connectivity index (χ0) is 77.3. The average molecular weight is 1770 g/mol. The molecule has 5 fully saturated rings. The van der Waals surface area contributed by atoms with Gasteiger partial charge in [-0.3, -0.25) is 58.4 Å². The Balaban J connectivity index is -0.000000638. The number of carbonyl (C=O) groups is 16. The Morgan fingerprint density at radius 3 is 0.464 bits per heavy atom. The first kappa shape index (κ1) is 114. The van der Waals surface area contributed by atoms with Crippen molar-refractivity contribution in [2.45, 2.75) is 189 Å². The third-order valence-corrected chi connectivity index (χ3v) is 19.1. The van der Waals surface area contributed by atoms with Crippen LogP contribution in [0.5, 0.6) is 0 Å². The Morgan fingerprint density at radius 1 is 0.205 bits per heavy atom. The minimum atomic E-state index is -1.54. The minimum Gasteiger partial charge on any atom is -0.549 e. The van der Waals surface area contributed by atoms with Crippen molar-refractivity contribution < 1.29 is 228 Å². The number of carbonyl (C=O) groups excluding carboxylic acids is 16. The van der Waals surface area contributed by atoms with Crippen molar-refractivity contribution in [1.82, 2.24) is 60.5 Å². The number of nitrogens with zero attached hydrogens (tertiary/aromatic N) is 8. The number of carboxylic acid groups (broad SMARTS) is 12. The smallest absolute Gasteiger partial charge is 0.549 e. The molecule has 4 amide bonds. The van der Waals surface area contributed by atoms with Gasteiger partial charge in [-0.2, -0.15) is 0 Å². The molecule has 12 N–H and O–H groups in total. The van der Waals surface area contributed by atoms with E-state index in [0.717, 1.165) is 19.6 Å². The summed E-state index contributed by atoms with van der Waals surface area (Å²) in [5, 5.41) is 148. The van der Waals surface area contributed by atoms with E-state index in [1.54, 1.807) is 0 Å². The third kappa shape index (κ3) is 43.0. The predicted octanol–water partition coefficient (Wildman–Crippen LogP) is -22.9. The van der Waals surface area contributed by atoms with E-state index in [-0.39, 0.29) is 128 Å². The Bertz CT molecular complexity index is 2750. The third-order valence-electron chi connectivity index (χ3n) is 19.1. The molecule has 8 atom stereocenters. The second-order valence-electron chi connectivity index (χ2n) is 26.8. The summed E-state index contributed by atoms with van der Waals surface area (Å²) in [7, 11) is 0. The Kier molecular flexibility index (Phi) is 59.8. The Hall–Kier alpha value is -6.88. The number of carboxylic acids is 12. The number of hydrogen-bond acceptors (Lipinski definition) is 36. The van der Waals surface area contributed by atoms with E-state index in [2.05, 4.69) is 21.3 Å². The molecule has 638 valence electrons. The second kappa shape index (κ2) is 58.9. The molecular weight excluding hydrogens is 1670 g/mol. The maximum absolute atomic E-state index is 13.2. The molecule has 0 saturated heterocycles. The zero-order valence-corrected chi connectivity index (χ0v) is 65.5. The maximum Gasteiger partial charge on any atom is 3.00 e. The molecule has 5 aliphatic rings. The van der Waals surface area contributed by atoms with Gasteiger partial charge in [-0.25, -0.2) is 0 Å². The van der Waals surface area contributed by atoms with E-state index in [4.69, 9.17) is 0 Å². The average Bonchev–Trinajstić information content (AvgIpc) is 0.845. The van der Waals surface area contributed by atoms with Crippen LogP contribution in [0, 0.1) is 0 Å². The molecule has 0 bridgehead atoms. The molecule has 0 aromatic carbocycles. The summed E-state index contributed by atoms with van der Waals surface area (Å²) in [6, 6.07) is -6.33. The first-order chi connectivity index (χ1) is 49.1. The zero-order valence-electron chi connectivity index (χ0n) is 61.1. The van der Waals surface area contributed by atoms with Crippen molar-refractivity contribution in [1.29, 1.82) is 0 Å². The first-order valence-electron chi connectivity index (χ1n) is 34.5. The second-order valence-corrected chi connectivity index (χ2v) is 26.8. The van der Waals surface area contributed by atoms with Gasteiger partial charge in [-0.15, -0.1) is 0 Å². The fourth-order valence-corrected chi connectivity index (χ4v) is 15.3. The fourth-order valence-electron chi connectivity index (χ4n) is 15.3. The van der Waals surface area contributed by atoms with Crippen molar-refractivity contribution >= 4 is 95.3 Å². The molecule has 5 rings (SSSR count). The van der Waals surface area contributed by atoms with Crippen LogP contribution in [-0.4, -0.2) is 335 Å². The van der Waals surface area contributed by atoms with Gasteiger partial charge in [0.1, 0.15) is 0 Å².